The summed E-state index contributed by atoms with van der Waals surface area (Å²) in [6.07, 6.45) is 2.54. The average molecular weight is 235 g/mol. The molecule has 0 radical (unpaired) electrons. The van der Waals surface area contributed by atoms with Gasteiger partial charge < -0.3 is 11.1 Å². The lowest BCUT2D eigenvalue weighted by atomic mass is 10.1. The van der Waals surface area contributed by atoms with Crippen LogP contribution in [0.5, 0.6) is 0 Å². The third-order valence-corrected chi connectivity index (χ3v) is 2.23. The van der Waals surface area contributed by atoms with E-state index >= 15 is 0 Å². The van der Waals surface area contributed by atoms with Gasteiger partial charge in [0, 0.05) is 13.2 Å². The topological polar surface area (TPSA) is 92.4 Å². The van der Waals surface area contributed by atoms with Crippen LogP contribution in [-0.2, 0) is 0 Å². The summed E-state index contributed by atoms with van der Waals surface area (Å²) in [6, 6.07) is 5.03. The maximum Gasteiger partial charge on any atom is 0.318 e. The average Bonchev–Trinajstić information content (AvgIpc) is 2.35. The van der Waals surface area contributed by atoms with Gasteiger partial charge in [-0.25, -0.2) is 4.79 Å². The minimum atomic E-state index is -0.644. The summed E-state index contributed by atoms with van der Waals surface area (Å²) in [6.45, 7) is 2.02. The van der Waals surface area contributed by atoms with Gasteiger partial charge in [0.05, 0.1) is 11.7 Å². The van der Waals surface area contributed by atoms with Crippen LogP contribution in [0.25, 0.3) is 0 Å². The Kier molecular flexibility index (Phi) is 4.93. The Morgan fingerprint density at radius 3 is 2.82 bits per heavy atom. The summed E-state index contributed by atoms with van der Waals surface area (Å²) >= 11 is 0. The molecule has 0 saturated carbocycles. The molecule has 4 N–H and O–H groups in total. The Morgan fingerprint density at radius 2 is 2.35 bits per heavy atom. The first-order valence-corrected chi connectivity index (χ1v) is 5.38. The highest BCUT2D eigenvalue weighted by Gasteiger charge is 2.12. The number of aliphatic imine (C=N–C) groups is 1. The Balaban J connectivity index is 2.73. The minimum Gasteiger partial charge on any atom is -0.351 e. The Labute approximate surface area is 100 Å². The van der Waals surface area contributed by atoms with Crippen molar-refractivity contribution in [3.8, 4) is 0 Å². The molecular formula is C11H17N5O. The first kappa shape index (κ1) is 13.0. The van der Waals surface area contributed by atoms with Gasteiger partial charge in [0.25, 0.3) is 0 Å². The van der Waals surface area contributed by atoms with Gasteiger partial charge in [0.2, 0.25) is 0 Å². The van der Waals surface area contributed by atoms with E-state index in [4.69, 9.17) is 5.73 Å². The molecule has 0 bridgehead atoms. The van der Waals surface area contributed by atoms with Crippen molar-refractivity contribution in [1.29, 1.82) is 0 Å². The van der Waals surface area contributed by atoms with E-state index in [1.807, 2.05) is 25.1 Å². The number of nitrogens with zero attached hydrogens (tertiary/aromatic N) is 2. The highest BCUT2D eigenvalue weighted by Crippen LogP contribution is 2.12. The molecule has 0 aliphatic carbocycles. The van der Waals surface area contributed by atoms with Crippen LogP contribution in [-0.4, -0.2) is 24.0 Å². The van der Waals surface area contributed by atoms with Crippen LogP contribution in [0.4, 0.5) is 4.79 Å². The van der Waals surface area contributed by atoms with Crippen molar-refractivity contribution in [2.75, 3.05) is 7.05 Å². The standard InChI is InChI=1S/C11H17N5O/c1-3-8(9-6-4-5-7-14-9)15-11(13-2)16-10(12)17/h4-8H,3H2,1-2H3,(H4,12,13,15,16,17). The fraction of sp³-hybridized carbons (Fsp3) is 0.364. The van der Waals surface area contributed by atoms with Gasteiger partial charge in [-0.1, -0.05) is 13.0 Å². The number of primary amides is 1. The first-order chi connectivity index (χ1) is 8.17. The smallest absolute Gasteiger partial charge is 0.318 e. The molecule has 1 aromatic heterocycles. The molecule has 0 aliphatic heterocycles. The number of carbonyl (C=O) groups excluding carboxylic acids is 1. The molecule has 17 heavy (non-hydrogen) atoms. The van der Waals surface area contributed by atoms with E-state index in [1.165, 1.54) is 0 Å². The van der Waals surface area contributed by atoms with Gasteiger partial charge in [0.1, 0.15) is 0 Å². The molecule has 0 fully saturated rings. The number of amides is 2. The summed E-state index contributed by atoms with van der Waals surface area (Å²) in [4.78, 5) is 18.9. The lowest BCUT2D eigenvalue weighted by Crippen LogP contribution is -2.44. The van der Waals surface area contributed by atoms with E-state index in [1.54, 1.807) is 13.2 Å². The van der Waals surface area contributed by atoms with E-state index in [2.05, 4.69) is 20.6 Å². The second-order valence-corrected chi connectivity index (χ2v) is 3.42. The van der Waals surface area contributed by atoms with Crippen LogP contribution in [0.2, 0.25) is 0 Å². The van der Waals surface area contributed by atoms with E-state index < -0.39 is 6.03 Å². The second kappa shape index (κ2) is 6.47. The van der Waals surface area contributed by atoms with Crippen molar-refractivity contribution in [2.45, 2.75) is 19.4 Å². The van der Waals surface area contributed by atoms with Crippen molar-refractivity contribution in [3.63, 3.8) is 0 Å². The van der Waals surface area contributed by atoms with Crippen LogP contribution in [0.1, 0.15) is 25.1 Å². The molecule has 92 valence electrons. The highest BCUT2D eigenvalue weighted by atomic mass is 16.2. The number of urea groups is 1. The predicted octanol–water partition coefficient (Wildman–Crippen LogP) is 0.776. The van der Waals surface area contributed by atoms with E-state index in [0.29, 0.717) is 5.96 Å². The summed E-state index contributed by atoms with van der Waals surface area (Å²) in [5, 5.41) is 5.49. The maximum absolute atomic E-state index is 10.7. The number of aromatic nitrogens is 1. The molecule has 1 rings (SSSR count). The molecule has 1 aromatic rings. The molecule has 0 aromatic carbocycles. The lowest BCUT2D eigenvalue weighted by molar-refractivity contribution is 0.252. The molecule has 1 atom stereocenters. The number of nitrogens with one attached hydrogen (secondary N) is 2. The van der Waals surface area contributed by atoms with E-state index in [-0.39, 0.29) is 6.04 Å². The molecule has 1 heterocycles. The second-order valence-electron chi connectivity index (χ2n) is 3.42. The fourth-order valence-corrected chi connectivity index (χ4v) is 1.41. The normalized spacial score (nSPS) is 12.9. The third kappa shape index (κ3) is 4.10. The monoisotopic (exact) mass is 235 g/mol. The molecule has 6 heteroatoms. The van der Waals surface area contributed by atoms with Crippen LogP contribution in [0.15, 0.2) is 29.4 Å². The maximum atomic E-state index is 10.7. The molecule has 2 amide bonds. The SMILES string of the molecule is CCC(NC(=NC)NC(N)=O)c1ccccn1. The van der Waals surface area contributed by atoms with Gasteiger partial charge in [-0.05, 0) is 18.6 Å². The fourth-order valence-electron chi connectivity index (χ4n) is 1.41. The van der Waals surface area contributed by atoms with Crippen molar-refractivity contribution in [2.24, 2.45) is 10.7 Å². The van der Waals surface area contributed by atoms with Crippen molar-refractivity contribution >= 4 is 12.0 Å². The minimum absolute atomic E-state index is 0.0123. The highest BCUT2D eigenvalue weighted by molar-refractivity contribution is 5.95. The number of rotatable bonds is 3. The van der Waals surface area contributed by atoms with Gasteiger partial charge in [-0.15, -0.1) is 0 Å². The zero-order chi connectivity index (χ0) is 12.7. The Bertz CT molecular complexity index is 390. The number of pyridine rings is 1. The molecule has 6 nitrogen and oxygen atoms in total. The number of guanidine groups is 1. The number of carbonyl (C=O) groups is 1. The first-order valence-electron chi connectivity index (χ1n) is 5.38. The third-order valence-electron chi connectivity index (χ3n) is 2.23. The van der Waals surface area contributed by atoms with Gasteiger partial charge in [-0.3, -0.25) is 15.3 Å². The number of nitrogens with two attached hydrogens (primary N) is 1. The van der Waals surface area contributed by atoms with Crippen molar-refractivity contribution in [3.05, 3.63) is 30.1 Å². The summed E-state index contributed by atoms with van der Waals surface area (Å²) < 4.78 is 0. The van der Waals surface area contributed by atoms with E-state index in [0.717, 1.165) is 12.1 Å². The van der Waals surface area contributed by atoms with Gasteiger partial charge in [-0.2, -0.15) is 0 Å². The van der Waals surface area contributed by atoms with Crippen LogP contribution >= 0.6 is 0 Å². The number of hydrogen-bond donors (Lipinski definition) is 3. The molecule has 0 spiro atoms. The van der Waals surface area contributed by atoms with Crippen molar-refractivity contribution in [1.82, 2.24) is 15.6 Å². The largest absolute Gasteiger partial charge is 0.351 e. The van der Waals surface area contributed by atoms with Crippen LogP contribution in [0.3, 0.4) is 0 Å². The van der Waals surface area contributed by atoms with E-state index in [9.17, 15) is 4.79 Å². The Morgan fingerprint density at radius 1 is 1.59 bits per heavy atom. The molecule has 0 aliphatic rings. The predicted molar refractivity (Wildman–Crippen MR) is 66.5 cm³/mol. The molecular weight excluding hydrogens is 218 g/mol. The molecule has 0 saturated heterocycles. The summed E-state index contributed by atoms with van der Waals surface area (Å²) in [5.74, 6) is 0.343. The Hall–Kier alpha value is -2.11. The zero-order valence-corrected chi connectivity index (χ0v) is 9.97. The zero-order valence-electron chi connectivity index (χ0n) is 9.97. The van der Waals surface area contributed by atoms with Crippen LogP contribution < -0.4 is 16.4 Å². The van der Waals surface area contributed by atoms with Gasteiger partial charge in [0.15, 0.2) is 5.96 Å². The quantitative estimate of drug-likeness (QED) is 0.534. The van der Waals surface area contributed by atoms with Crippen molar-refractivity contribution < 1.29 is 4.79 Å². The van der Waals surface area contributed by atoms with Crippen LogP contribution in [0, 0.1) is 0 Å². The summed E-state index contributed by atoms with van der Waals surface area (Å²) in [5.41, 5.74) is 5.93. The molecule has 1 unspecified atom stereocenters. The lowest BCUT2D eigenvalue weighted by Gasteiger charge is -2.18. The number of hydrogen-bond acceptors (Lipinski definition) is 3. The summed E-state index contributed by atoms with van der Waals surface area (Å²) in [7, 11) is 1.57. The van der Waals surface area contributed by atoms with Gasteiger partial charge >= 0.3 is 6.03 Å².